The van der Waals surface area contributed by atoms with Crippen LogP contribution in [-0.2, 0) is 11.3 Å². The van der Waals surface area contributed by atoms with E-state index in [-0.39, 0.29) is 24.2 Å². The Labute approximate surface area is 204 Å². The molecule has 0 radical (unpaired) electrons. The van der Waals surface area contributed by atoms with Crippen LogP contribution in [0.2, 0.25) is 0 Å². The Morgan fingerprint density at radius 2 is 2.09 bits per heavy atom. The highest BCUT2D eigenvalue weighted by molar-refractivity contribution is 7.99. The Morgan fingerprint density at radius 1 is 1.24 bits per heavy atom. The smallest absolute Gasteiger partial charge is 0.175 e. The van der Waals surface area contributed by atoms with E-state index in [1.807, 2.05) is 12.3 Å². The lowest BCUT2D eigenvalue weighted by atomic mass is 9.73. The number of pyridine rings is 1. The van der Waals surface area contributed by atoms with Crippen LogP contribution in [0.15, 0.2) is 28.4 Å². The van der Waals surface area contributed by atoms with E-state index in [1.54, 1.807) is 6.20 Å². The van der Waals surface area contributed by atoms with Crippen molar-refractivity contribution in [2.24, 2.45) is 11.1 Å². The Balaban J connectivity index is 1.20. The molecule has 6 rings (SSSR count). The van der Waals surface area contributed by atoms with Crippen LogP contribution in [0.3, 0.4) is 0 Å². The van der Waals surface area contributed by atoms with Crippen LogP contribution in [-0.4, -0.2) is 71.1 Å². The molecule has 0 aromatic carbocycles. The SMILES string of the molecule is CC1OCC2(CCN(c3ncc(Sc4ccnc5c4OCC4CCCN54)nc3CO)CC2)C1N. The Hall–Kier alpha value is -2.14. The van der Waals surface area contributed by atoms with E-state index in [2.05, 4.69) is 21.7 Å². The van der Waals surface area contributed by atoms with Crippen LogP contribution < -0.4 is 20.3 Å². The number of aliphatic hydroxyl groups is 1. The molecule has 3 N–H and O–H groups in total. The molecule has 1 spiro atoms. The van der Waals surface area contributed by atoms with Crippen molar-refractivity contribution in [1.29, 1.82) is 0 Å². The molecule has 34 heavy (non-hydrogen) atoms. The highest BCUT2D eigenvalue weighted by Gasteiger charge is 2.47. The maximum atomic E-state index is 10.1. The van der Waals surface area contributed by atoms with E-state index < -0.39 is 0 Å². The highest BCUT2D eigenvalue weighted by atomic mass is 32.2. The summed E-state index contributed by atoms with van der Waals surface area (Å²) in [5.74, 6) is 2.51. The molecule has 4 aliphatic rings. The summed E-state index contributed by atoms with van der Waals surface area (Å²) in [5, 5.41) is 10.8. The number of ether oxygens (including phenoxy) is 2. The molecular formula is C24H32N6O3S. The van der Waals surface area contributed by atoms with Crippen molar-refractivity contribution >= 4 is 23.4 Å². The first-order valence-electron chi connectivity index (χ1n) is 12.2. The van der Waals surface area contributed by atoms with Gasteiger partial charge in [-0.3, -0.25) is 0 Å². The number of nitrogens with zero attached hydrogens (tertiary/aromatic N) is 5. The van der Waals surface area contributed by atoms with Crippen molar-refractivity contribution in [3.63, 3.8) is 0 Å². The Bertz CT molecular complexity index is 1060. The average Bonchev–Trinajstić information content (AvgIpc) is 3.46. The lowest BCUT2D eigenvalue weighted by Crippen LogP contribution is -2.51. The first-order chi connectivity index (χ1) is 16.6. The highest BCUT2D eigenvalue weighted by Crippen LogP contribution is 2.45. The van der Waals surface area contributed by atoms with Crippen LogP contribution in [0.1, 0.15) is 38.3 Å². The second-order valence-electron chi connectivity index (χ2n) is 9.89. The van der Waals surface area contributed by atoms with Crippen molar-refractivity contribution in [2.45, 2.75) is 67.3 Å². The molecule has 3 saturated heterocycles. The van der Waals surface area contributed by atoms with Crippen LogP contribution in [0, 0.1) is 5.41 Å². The number of anilines is 2. The zero-order valence-electron chi connectivity index (χ0n) is 19.5. The fourth-order valence-electron chi connectivity index (χ4n) is 5.88. The van der Waals surface area contributed by atoms with Crippen LogP contribution in [0.5, 0.6) is 5.75 Å². The van der Waals surface area contributed by atoms with E-state index >= 15 is 0 Å². The number of piperidine rings is 1. The first-order valence-corrected chi connectivity index (χ1v) is 13.0. The van der Waals surface area contributed by atoms with Crippen LogP contribution in [0.4, 0.5) is 11.6 Å². The van der Waals surface area contributed by atoms with Gasteiger partial charge in [-0.25, -0.2) is 15.0 Å². The fourth-order valence-corrected chi connectivity index (χ4v) is 6.74. The third-order valence-corrected chi connectivity index (χ3v) is 8.94. The third-order valence-electron chi connectivity index (χ3n) is 7.99. The Kier molecular flexibility index (Phi) is 5.79. The number of aliphatic hydroxyl groups excluding tert-OH is 1. The van der Waals surface area contributed by atoms with E-state index in [0.717, 1.165) is 72.8 Å². The molecule has 4 aliphatic heterocycles. The summed E-state index contributed by atoms with van der Waals surface area (Å²) in [6, 6.07) is 2.46. The van der Waals surface area contributed by atoms with Gasteiger partial charge >= 0.3 is 0 Å². The van der Waals surface area contributed by atoms with Gasteiger partial charge < -0.3 is 30.1 Å². The molecule has 0 bridgehead atoms. The van der Waals surface area contributed by atoms with E-state index in [1.165, 1.54) is 18.2 Å². The van der Waals surface area contributed by atoms with Gasteiger partial charge in [0.2, 0.25) is 0 Å². The Morgan fingerprint density at radius 3 is 2.85 bits per heavy atom. The van der Waals surface area contributed by atoms with Crippen molar-refractivity contribution in [1.82, 2.24) is 15.0 Å². The maximum Gasteiger partial charge on any atom is 0.175 e. The monoisotopic (exact) mass is 484 g/mol. The molecule has 3 unspecified atom stereocenters. The maximum absolute atomic E-state index is 10.1. The summed E-state index contributed by atoms with van der Waals surface area (Å²) in [7, 11) is 0. The van der Waals surface area contributed by atoms with Crippen LogP contribution in [0.25, 0.3) is 0 Å². The first kappa shape index (κ1) is 22.3. The van der Waals surface area contributed by atoms with Gasteiger partial charge in [-0.15, -0.1) is 0 Å². The molecule has 3 fully saturated rings. The molecule has 2 aromatic rings. The number of hydrogen-bond donors (Lipinski definition) is 2. The zero-order valence-corrected chi connectivity index (χ0v) is 20.3. The summed E-state index contributed by atoms with van der Waals surface area (Å²) in [5.41, 5.74) is 7.12. The minimum atomic E-state index is -0.154. The largest absolute Gasteiger partial charge is 0.486 e. The van der Waals surface area contributed by atoms with E-state index in [0.29, 0.717) is 18.3 Å². The molecule has 0 aliphatic carbocycles. The summed E-state index contributed by atoms with van der Waals surface area (Å²) in [6.07, 6.45) is 7.98. The average molecular weight is 485 g/mol. The quantitative estimate of drug-likeness (QED) is 0.670. The van der Waals surface area contributed by atoms with Crippen LogP contribution >= 0.6 is 11.8 Å². The van der Waals surface area contributed by atoms with Gasteiger partial charge in [-0.05, 0) is 38.7 Å². The molecule has 3 atom stereocenters. The van der Waals surface area contributed by atoms with E-state index in [9.17, 15) is 5.11 Å². The number of fused-ring (bicyclic) bond motifs is 3. The number of nitrogens with two attached hydrogens (primary N) is 1. The fraction of sp³-hybridized carbons (Fsp3) is 0.625. The van der Waals surface area contributed by atoms with Gasteiger partial charge in [-0.2, -0.15) is 0 Å². The summed E-state index contributed by atoms with van der Waals surface area (Å²) in [4.78, 5) is 19.7. The van der Waals surface area contributed by atoms with Gasteiger partial charge in [0.15, 0.2) is 17.4 Å². The number of rotatable bonds is 4. The predicted molar refractivity (Wildman–Crippen MR) is 129 cm³/mol. The molecule has 10 heteroatoms. The standard InChI is InChI=1S/C24H32N6O3S/c1-15-21(25)24(14-33-15)5-9-29(10-6-24)22-17(12-31)28-19(11-27-22)34-18-4-7-26-23-20(18)32-13-16-3-2-8-30(16)23/h4,7,11,15-16,21,31H,2-3,5-6,8-10,12-14,25H2,1H3. The predicted octanol–water partition coefficient (Wildman–Crippen LogP) is 2.21. The van der Waals surface area contributed by atoms with Gasteiger partial charge in [-0.1, -0.05) is 11.8 Å². The molecule has 0 amide bonds. The van der Waals surface area contributed by atoms with Crippen molar-refractivity contribution in [3.05, 3.63) is 24.2 Å². The minimum absolute atomic E-state index is 0.0489. The minimum Gasteiger partial charge on any atom is -0.486 e. The second-order valence-corrected chi connectivity index (χ2v) is 11.0. The number of hydrogen-bond acceptors (Lipinski definition) is 10. The van der Waals surface area contributed by atoms with Gasteiger partial charge in [0.05, 0.1) is 36.5 Å². The molecule has 2 aromatic heterocycles. The molecule has 6 heterocycles. The lowest BCUT2D eigenvalue weighted by Gasteiger charge is -2.41. The second kappa shape index (κ2) is 8.82. The molecule has 0 saturated carbocycles. The summed E-state index contributed by atoms with van der Waals surface area (Å²) in [6.45, 7) is 6.03. The summed E-state index contributed by atoms with van der Waals surface area (Å²) < 4.78 is 12.0. The van der Waals surface area contributed by atoms with Gasteiger partial charge in [0.1, 0.15) is 17.3 Å². The lowest BCUT2D eigenvalue weighted by molar-refractivity contribution is 0.0973. The molecule has 182 valence electrons. The topological polar surface area (TPSA) is 110 Å². The van der Waals surface area contributed by atoms with Gasteiger partial charge in [0.25, 0.3) is 0 Å². The van der Waals surface area contributed by atoms with Crippen molar-refractivity contribution in [3.8, 4) is 5.75 Å². The normalized spacial score (nSPS) is 27.6. The zero-order chi connectivity index (χ0) is 23.3. The van der Waals surface area contributed by atoms with Crippen molar-refractivity contribution < 1.29 is 14.6 Å². The van der Waals surface area contributed by atoms with Gasteiger partial charge in [0, 0.05) is 37.3 Å². The molecule has 9 nitrogen and oxygen atoms in total. The van der Waals surface area contributed by atoms with Crippen molar-refractivity contribution in [2.75, 3.05) is 42.6 Å². The summed E-state index contributed by atoms with van der Waals surface area (Å²) >= 11 is 1.51. The third kappa shape index (κ3) is 3.71. The van der Waals surface area contributed by atoms with E-state index in [4.69, 9.17) is 25.2 Å². The molecular weight excluding hydrogens is 452 g/mol. The number of aromatic nitrogens is 3.